The van der Waals surface area contributed by atoms with Crippen molar-refractivity contribution in [1.82, 2.24) is 10.3 Å². The number of fused-ring (bicyclic) bond motifs is 1. The normalized spacial score (nSPS) is 10.9. The van der Waals surface area contributed by atoms with E-state index in [1.807, 2.05) is 66.9 Å². The van der Waals surface area contributed by atoms with Gasteiger partial charge < -0.3 is 16.0 Å². The molecule has 140 valence electrons. The molecule has 0 bridgehead atoms. The number of carbonyl (C=O) groups excluding carboxylic acids is 1. The molecule has 4 aromatic rings. The van der Waals surface area contributed by atoms with Crippen LogP contribution in [0.4, 0.5) is 0 Å². The van der Waals surface area contributed by atoms with Gasteiger partial charge in [-0.15, -0.1) is 11.3 Å². The summed E-state index contributed by atoms with van der Waals surface area (Å²) < 4.78 is 0. The summed E-state index contributed by atoms with van der Waals surface area (Å²) in [6, 6.07) is 19.9. The molecule has 0 aliphatic rings. The molecular weight excluding hydrogens is 368 g/mol. The maximum Gasteiger partial charge on any atom is 0.224 e. The van der Waals surface area contributed by atoms with Crippen molar-refractivity contribution < 1.29 is 4.79 Å². The summed E-state index contributed by atoms with van der Waals surface area (Å²) in [7, 11) is 0. The van der Waals surface area contributed by atoms with Gasteiger partial charge in [0, 0.05) is 16.6 Å². The second kappa shape index (κ2) is 7.70. The Kier molecular flexibility index (Phi) is 4.95. The Balaban J connectivity index is 1.49. The molecule has 0 fully saturated rings. The minimum Gasteiger partial charge on any atom is -0.383 e. The van der Waals surface area contributed by atoms with E-state index in [2.05, 4.69) is 10.3 Å². The Hall–Kier alpha value is -3.38. The number of H-pyrrole nitrogens is 1. The number of nitrogens with two attached hydrogens (primary N) is 1. The van der Waals surface area contributed by atoms with Gasteiger partial charge in [-0.05, 0) is 40.3 Å². The van der Waals surface area contributed by atoms with Gasteiger partial charge in [-0.2, -0.15) is 0 Å². The standard InChI is InChI=1S/C22H20N4OS/c23-22(24)19-12-17(15-4-2-1-3-5-15)20(28-19)13-26-21(27)11-14-6-7-16-8-9-25-18(16)10-14/h1-10,12,25H,11,13H2,(H3,23,24)(H,26,27). The highest BCUT2D eigenvalue weighted by molar-refractivity contribution is 7.14. The average molecular weight is 388 g/mol. The first-order valence-electron chi connectivity index (χ1n) is 8.95. The third kappa shape index (κ3) is 3.82. The molecule has 28 heavy (non-hydrogen) atoms. The first-order valence-corrected chi connectivity index (χ1v) is 9.77. The molecule has 2 heterocycles. The van der Waals surface area contributed by atoms with Crippen molar-refractivity contribution in [2.45, 2.75) is 13.0 Å². The van der Waals surface area contributed by atoms with Crippen LogP contribution in [0.15, 0.2) is 66.9 Å². The number of thiophene rings is 1. The summed E-state index contributed by atoms with van der Waals surface area (Å²) in [5.74, 6) is 0.00157. The quantitative estimate of drug-likeness (QED) is 0.296. The average Bonchev–Trinajstić information content (AvgIpc) is 3.33. The zero-order valence-electron chi connectivity index (χ0n) is 15.2. The monoisotopic (exact) mass is 388 g/mol. The molecule has 2 aromatic heterocycles. The largest absolute Gasteiger partial charge is 0.383 e. The summed E-state index contributed by atoms with van der Waals surface area (Å²) in [5.41, 5.74) is 9.72. The molecule has 0 radical (unpaired) electrons. The van der Waals surface area contributed by atoms with Crippen LogP contribution in [-0.2, 0) is 17.8 Å². The number of hydrogen-bond donors (Lipinski definition) is 4. The molecule has 5 nitrogen and oxygen atoms in total. The predicted octanol–water partition coefficient (Wildman–Crippen LogP) is 4.04. The minimum absolute atomic E-state index is 0.0392. The number of rotatable bonds is 6. The van der Waals surface area contributed by atoms with Crippen LogP contribution in [0.3, 0.4) is 0 Å². The van der Waals surface area contributed by atoms with Gasteiger partial charge in [0.15, 0.2) is 0 Å². The third-order valence-electron chi connectivity index (χ3n) is 4.59. The highest BCUT2D eigenvalue weighted by atomic mass is 32.1. The van der Waals surface area contributed by atoms with Crippen molar-refractivity contribution in [3.8, 4) is 11.1 Å². The van der Waals surface area contributed by atoms with Crippen molar-refractivity contribution >= 4 is 34.0 Å². The lowest BCUT2D eigenvalue weighted by Crippen LogP contribution is -2.24. The maximum atomic E-state index is 12.5. The van der Waals surface area contributed by atoms with E-state index in [1.165, 1.54) is 11.3 Å². The van der Waals surface area contributed by atoms with E-state index in [0.29, 0.717) is 17.8 Å². The Labute approximate surface area is 166 Å². The van der Waals surface area contributed by atoms with Crippen LogP contribution in [0.25, 0.3) is 22.0 Å². The third-order valence-corrected chi connectivity index (χ3v) is 5.76. The molecule has 0 aliphatic heterocycles. The van der Waals surface area contributed by atoms with Gasteiger partial charge in [0.05, 0.1) is 17.8 Å². The zero-order chi connectivity index (χ0) is 19.5. The van der Waals surface area contributed by atoms with E-state index < -0.39 is 0 Å². The molecule has 0 unspecified atom stereocenters. The summed E-state index contributed by atoms with van der Waals surface area (Å²) >= 11 is 1.44. The number of amidine groups is 1. The van der Waals surface area contributed by atoms with E-state index in [-0.39, 0.29) is 11.7 Å². The second-order valence-electron chi connectivity index (χ2n) is 6.58. The number of benzene rings is 2. The van der Waals surface area contributed by atoms with Crippen LogP contribution in [0.1, 0.15) is 15.3 Å². The molecule has 1 amide bonds. The van der Waals surface area contributed by atoms with E-state index in [9.17, 15) is 4.79 Å². The fraction of sp³-hybridized carbons (Fsp3) is 0.0909. The van der Waals surface area contributed by atoms with Gasteiger partial charge in [-0.1, -0.05) is 42.5 Å². The number of amides is 1. The first-order chi connectivity index (χ1) is 13.6. The van der Waals surface area contributed by atoms with Gasteiger partial charge in [-0.3, -0.25) is 10.2 Å². The van der Waals surface area contributed by atoms with Crippen LogP contribution < -0.4 is 11.1 Å². The van der Waals surface area contributed by atoms with Crippen molar-refractivity contribution in [2.24, 2.45) is 5.73 Å². The highest BCUT2D eigenvalue weighted by Gasteiger charge is 2.14. The summed E-state index contributed by atoms with van der Waals surface area (Å²) in [6.45, 7) is 0.408. The summed E-state index contributed by atoms with van der Waals surface area (Å²) in [5, 5.41) is 11.9. The maximum absolute atomic E-state index is 12.5. The predicted molar refractivity (Wildman–Crippen MR) is 115 cm³/mol. The van der Waals surface area contributed by atoms with Crippen molar-refractivity contribution in [2.75, 3.05) is 0 Å². The number of hydrogen-bond acceptors (Lipinski definition) is 3. The summed E-state index contributed by atoms with van der Waals surface area (Å²) in [6.07, 6.45) is 2.21. The lowest BCUT2D eigenvalue weighted by molar-refractivity contribution is -0.120. The van der Waals surface area contributed by atoms with Crippen molar-refractivity contribution in [1.29, 1.82) is 5.41 Å². The highest BCUT2D eigenvalue weighted by Crippen LogP contribution is 2.31. The van der Waals surface area contributed by atoms with E-state index in [4.69, 9.17) is 11.1 Å². The van der Waals surface area contributed by atoms with Crippen LogP contribution >= 0.6 is 11.3 Å². The Morgan fingerprint density at radius 2 is 1.93 bits per heavy atom. The Morgan fingerprint density at radius 3 is 2.71 bits per heavy atom. The second-order valence-corrected chi connectivity index (χ2v) is 7.72. The molecule has 6 heteroatoms. The summed E-state index contributed by atoms with van der Waals surface area (Å²) in [4.78, 5) is 17.3. The molecule has 0 aliphatic carbocycles. The van der Waals surface area contributed by atoms with Gasteiger partial charge in [-0.25, -0.2) is 0 Å². The lowest BCUT2D eigenvalue weighted by Gasteiger charge is -2.07. The van der Waals surface area contributed by atoms with Crippen molar-refractivity contribution in [3.63, 3.8) is 0 Å². The van der Waals surface area contributed by atoms with Crippen molar-refractivity contribution in [3.05, 3.63) is 82.2 Å². The first kappa shape index (κ1) is 18.0. The van der Waals surface area contributed by atoms with Crippen LogP contribution in [0, 0.1) is 5.41 Å². The number of aromatic nitrogens is 1. The minimum atomic E-state index is -0.0392. The number of aromatic amines is 1. The van der Waals surface area contributed by atoms with Gasteiger partial charge in [0.25, 0.3) is 0 Å². The zero-order valence-corrected chi connectivity index (χ0v) is 16.0. The molecule has 0 spiro atoms. The fourth-order valence-electron chi connectivity index (χ4n) is 3.19. The topological polar surface area (TPSA) is 94.8 Å². The molecule has 0 saturated heterocycles. The molecule has 4 rings (SSSR count). The number of carbonyl (C=O) groups is 1. The van der Waals surface area contributed by atoms with E-state index in [0.717, 1.165) is 32.5 Å². The van der Waals surface area contributed by atoms with Crippen LogP contribution in [-0.4, -0.2) is 16.7 Å². The van der Waals surface area contributed by atoms with Gasteiger partial charge in [0.1, 0.15) is 5.84 Å². The molecular formula is C22H20N4OS. The van der Waals surface area contributed by atoms with Crippen LogP contribution in [0.2, 0.25) is 0 Å². The smallest absolute Gasteiger partial charge is 0.224 e. The van der Waals surface area contributed by atoms with Gasteiger partial charge >= 0.3 is 0 Å². The fourth-order valence-corrected chi connectivity index (χ4v) is 4.17. The van der Waals surface area contributed by atoms with E-state index >= 15 is 0 Å². The molecule has 0 saturated carbocycles. The molecule has 5 N–H and O–H groups in total. The molecule has 0 atom stereocenters. The van der Waals surface area contributed by atoms with E-state index in [1.54, 1.807) is 0 Å². The SMILES string of the molecule is N=C(N)c1cc(-c2ccccc2)c(CNC(=O)Cc2ccc3cc[nH]c3c2)s1. The Bertz CT molecular complexity index is 1140. The Morgan fingerprint density at radius 1 is 1.11 bits per heavy atom. The van der Waals surface area contributed by atoms with Crippen LogP contribution in [0.5, 0.6) is 0 Å². The van der Waals surface area contributed by atoms with Gasteiger partial charge in [0.2, 0.25) is 5.91 Å². The number of nitrogens with one attached hydrogen (secondary N) is 3. The lowest BCUT2D eigenvalue weighted by atomic mass is 10.1. The number of nitrogen functional groups attached to an aromatic ring is 1. The molecule has 2 aromatic carbocycles.